The molecule has 0 aliphatic heterocycles. The number of nitrogens with one attached hydrogen (secondary N) is 1. The van der Waals surface area contributed by atoms with Crippen molar-refractivity contribution in [2.45, 2.75) is 13.1 Å². The summed E-state index contributed by atoms with van der Waals surface area (Å²) in [5.41, 5.74) is 2.14. The van der Waals surface area contributed by atoms with Crippen molar-refractivity contribution in [3.63, 3.8) is 0 Å². The lowest BCUT2D eigenvalue weighted by molar-refractivity contribution is 0.615. The van der Waals surface area contributed by atoms with Gasteiger partial charge in [-0.2, -0.15) is 0 Å². The standard InChI is InChI=1S/C13H14BrFN2/c1-17-6-2-3-12(17)9-16-8-10-7-11(15)4-5-13(10)14/h2-7,16H,8-9H2,1H3. The third-order valence-corrected chi connectivity index (χ3v) is 3.45. The minimum Gasteiger partial charge on any atom is -0.353 e. The van der Waals surface area contributed by atoms with E-state index in [2.05, 4.69) is 31.9 Å². The quantitative estimate of drug-likeness (QED) is 0.917. The molecule has 0 bridgehead atoms. The molecule has 0 aliphatic carbocycles. The summed E-state index contributed by atoms with van der Waals surface area (Å²) in [5.74, 6) is -0.205. The van der Waals surface area contributed by atoms with E-state index in [-0.39, 0.29) is 5.82 Å². The molecule has 0 spiro atoms. The molecule has 2 rings (SSSR count). The Labute approximate surface area is 109 Å². The lowest BCUT2D eigenvalue weighted by Crippen LogP contribution is -2.15. The fraction of sp³-hybridized carbons (Fsp3) is 0.231. The lowest BCUT2D eigenvalue weighted by atomic mass is 10.2. The average Bonchev–Trinajstić information content (AvgIpc) is 2.70. The van der Waals surface area contributed by atoms with E-state index in [9.17, 15) is 4.39 Å². The van der Waals surface area contributed by atoms with Crippen molar-refractivity contribution in [1.29, 1.82) is 0 Å². The minimum absolute atomic E-state index is 0.205. The highest BCUT2D eigenvalue weighted by Gasteiger charge is 2.02. The highest BCUT2D eigenvalue weighted by Crippen LogP contribution is 2.17. The number of halogens is 2. The number of rotatable bonds is 4. The maximum absolute atomic E-state index is 13.1. The van der Waals surface area contributed by atoms with Crippen LogP contribution in [0.2, 0.25) is 0 Å². The van der Waals surface area contributed by atoms with Gasteiger partial charge in [0.1, 0.15) is 5.82 Å². The van der Waals surface area contributed by atoms with Gasteiger partial charge in [-0.05, 0) is 35.9 Å². The first kappa shape index (κ1) is 12.3. The fourth-order valence-electron chi connectivity index (χ4n) is 1.68. The summed E-state index contributed by atoms with van der Waals surface area (Å²) in [6, 6.07) is 8.80. The molecule has 90 valence electrons. The van der Waals surface area contributed by atoms with Crippen LogP contribution in [0.3, 0.4) is 0 Å². The third kappa shape index (κ3) is 3.17. The van der Waals surface area contributed by atoms with Crippen molar-refractivity contribution < 1.29 is 4.39 Å². The maximum Gasteiger partial charge on any atom is 0.123 e. The Morgan fingerprint density at radius 3 is 2.82 bits per heavy atom. The van der Waals surface area contributed by atoms with Crippen molar-refractivity contribution in [3.8, 4) is 0 Å². The van der Waals surface area contributed by atoms with Crippen molar-refractivity contribution in [2.75, 3.05) is 0 Å². The predicted octanol–water partition coefficient (Wildman–Crippen LogP) is 3.22. The summed E-state index contributed by atoms with van der Waals surface area (Å²) >= 11 is 3.41. The molecule has 17 heavy (non-hydrogen) atoms. The molecule has 0 saturated heterocycles. The molecule has 0 saturated carbocycles. The SMILES string of the molecule is Cn1cccc1CNCc1cc(F)ccc1Br. The van der Waals surface area contributed by atoms with Crippen LogP contribution in [0, 0.1) is 5.82 Å². The zero-order chi connectivity index (χ0) is 12.3. The summed E-state index contributed by atoms with van der Waals surface area (Å²) in [6.45, 7) is 1.41. The Bertz CT molecular complexity index is 508. The third-order valence-electron chi connectivity index (χ3n) is 2.68. The van der Waals surface area contributed by atoms with Gasteiger partial charge < -0.3 is 9.88 Å². The van der Waals surface area contributed by atoms with Gasteiger partial charge in [-0.1, -0.05) is 15.9 Å². The molecular formula is C13H14BrFN2. The van der Waals surface area contributed by atoms with Crippen molar-refractivity contribution in [2.24, 2.45) is 7.05 Å². The fourth-order valence-corrected chi connectivity index (χ4v) is 2.07. The number of benzene rings is 1. The Hall–Kier alpha value is -1.13. The minimum atomic E-state index is -0.205. The van der Waals surface area contributed by atoms with Crippen LogP contribution in [-0.2, 0) is 20.1 Å². The van der Waals surface area contributed by atoms with Crippen LogP contribution in [-0.4, -0.2) is 4.57 Å². The number of hydrogen-bond acceptors (Lipinski definition) is 1. The highest BCUT2D eigenvalue weighted by atomic mass is 79.9. The van der Waals surface area contributed by atoms with Crippen LogP contribution < -0.4 is 5.32 Å². The summed E-state index contributed by atoms with van der Waals surface area (Å²) in [5, 5.41) is 3.30. The van der Waals surface area contributed by atoms with Crippen LogP contribution in [0.15, 0.2) is 41.0 Å². The van der Waals surface area contributed by atoms with Gasteiger partial charge in [-0.15, -0.1) is 0 Å². The van der Waals surface area contributed by atoms with E-state index in [0.717, 1.165) is 16.6 Å². The molecule has 1 aromatic carbocycles. The molecule has 0 atom stereocenters. The zero-order valence-corrected chi connectivity index (χ0v) is 11.2. The highest BCUT2D eigenvalue weighted by molar-refractivity contribution is 9.10. The second-order valence-corrected chi connectivity index (χ2v) is 4.80. The van der Waals surface area contributed by atoms with Crippen LogP contribution in [0.4, 0.5) is 4.39 Å². The molecule has 0 amide bonds. The van der Waals surface area contributed by atoms with E-state index in [0.29, 0.717) is 6.54 Å². The van der Waals surface area contributed by atoms with Crippen LogP contribution in [0.1, 0.15) is 11.3 Å². The van der Waals surface area contributed by atoms with E-state index in [1.807, 2.05) is 19.3 Å². The van der Waals surface area contributed by atoms with Crippen molar-refractivity contribution in [3.05, 3.63) is 58.1 Å². The number of aryl methyl sites for hydroxylation is 1. The van der Waals surface area contributed by atoms with Gasteiger partial charge in [-0.3, -0.25) is 0 Å². The Morgan fingerprint density at radius 2 is 2.12 bits per heavy atom. The smallest absolute Gasteiger partial charge is 0.123 e. The first-order valence-electron chi connectivity index (χ1n) is 5.41. The number of nitrogens with zero attached hydrogens (tertiary/aromatic N) is 1. The Balaban J connectivity index is 1.94. The molecule has 0 fully saturated rings. The molecule has 1 N–H and O–H groups in total. The monoisotopic (exact) mass is 296 g/mol. The first-order chi connectivity index (χ1) is 8.16. The van der Waals surface area contributed by atoms with Crippen molar-refractivity contribution >= 4 is 15.9 Å². The van der Waals surface area contributed by atoms with Gasteiger partial charge in [0.2, 0.25) is 0 Å². The first-order valence-corrected chi connectivity index (χ1v) is 6.21. The van der Waals surface area contributed by atoms with Gasteiger partial charge in [0, 0.05) is 36.5 Å². The molecule has 2 aromatic rings. The van der Waals surface area contributed by atoms with Gasteiger partial charge in [0.15, 0.2) is 0 Å². The number of hydrogen-bond donors (Lipinski definition) is 1. The number of aromatic nitrogens is 1. The largest absolute Gasteiger partial charge is 0.353 e. The molecule has 4 heteroatoms. The average molecular weight is 297 g/mol. The molecule has 1 heterocycles. The Kier molecular flexibility index (Phi) is 3.97. The lowest BCUT2D eigenvalue weighted by Gasteiger charge is -2.08. The molecule has 0 aliphatic rings. The van der Waals surface area contributed by atoms with E-state index in [1.54, 1.807) is 12.1 Å². The maximum atomic E-state index is 13.1. The molecule has 0 radical (unpaired) electrons. The van der Waals surface area contributed by atoms with Gasteiger partial charge in [-0.25, -0.2) is 4.39 Å². The van der Waals surface area contributed by atoms with E-state index in [4.69, 9.17) is 0 Å². The van der Waals surface area contributed by atoms with Gasteiger partial charge in [0.25, 0.3) is 0 Å². The second-order valence-electron chi connectivity index (χ2n) is 3.95. The normalized spacial score (nSPS) is 10.8. The van der Waals surface area contributed by atoms with Gasteiger partial charge >= 0.3 is 0 Å². The van der Waals surface area contributed by atoms with Crippen LogP contribution in [0.5, 0.6) is 0 Å². The van der Waals surface area contributed by atoms with Crippen LogP contribution in [0.25, 0.3) is 0 Å². The predicted molar refractivity (Wildman–Crippen MR) is 70.1 cm³/mol. The Morgan fingerprint density at radius 1 is 1.29 bits per heavy atom. The molecule has 0 unspecified atom stereocenters. The molecule has 1 aromatic heterocycles. The van der Waals surface area contributed by atoms with E-state index in [1.165, 1.54) is 11.8 Å². The summed E-state index contributed by atoms with van der Waals surface area (Å²) in [6.07, 6.45) is 2.01. The molecular weight excluding hydrogens is 283 g/mol. The second kappa shape index (κ2) is 5.47. The summed E-state index contributed by atoms with van der Waals surface area (Å²) in [4.78, 5) is 0. The van der Waals surface area contributed by atoms with E-state index < -0.39 is 0 Å². The van der Waals surface area contributed by atoms with Crippen LogP contribution >= 0.6 is 15.9 Å². The van der Waals surface area contributed by atoms with Gasteiger partial charge in [0.05, 0.1) is 0 Å². The van der Waals surface area contributed by atoms with E-state index >= 15 is 0 Å². The topological polar surface area (TPSA) is 17.0 Å². The van der Waals surface area contributed by atoms with Crippen molar-refractivity contribution in [1.82, 2.24) is 9.88 Å². The zero-order valence-electron chi connectivity index (χ0n) is 9.58. The molecule has 2 nitrogen and oxygen atoms in total. The summed E-state index contributed by atoms with van der Waals surface area (Å²) in [7, 11) is 2.01. The summed E-state index contributed by atoms with van der Waals surface area (Å²) < 4.78 is 16.1.